The Morgan fingerprint density at radius 2 is 2.40 bits per heavy atom. The first-order valence-corrected chi connectivity index (χ1v) is 5.59. The zero-order valence-electron chi connectivity index (χ0n) is 7.71. The zero-order chi connectivity index (χ0) is 11.3. The van der Waals surface area contributed by atoms with Crippen molar-refractivity contribution in [1.82, 2.24) is 5.43 Å². The van der Waals surface area contributed by atoms with Crippen molar-refractivity contribution < 1.29 is 4.39 Å². The monoisotopic (exact) mass is 289 g/mol. The standard InChI is InChI=1S/C9H9BrFN3S/c10-4-6-1-2-8(11)7(3-6)5-13-14-9(12)15/h1-3,5H,4H2,(H3,12,14,15). The second kappa shape index (κ2) is 5.77. The molecule has 0 fully saturated rings. The molecule has 80 valence electrons. The average Bonchev–Trinajstić information content (AvgIpc) is 2.20. The van der Waals surface area contributed by atoms with Gasteiger partial charge in [-0.15, -0.1) is 0 Å². The second-order valence-corrected chi connectivity index (χ2v) is 3.72. The van der Waals surface area contributed by atoms with Gasteiger partial charge in [0.05, 0.1) is 6.21 Å². The first-order valence-electron chi connectivity index (χ1n) is 4.06. The summed E-state index contributed by atoms with van der Waals surface area (Å²) in [7, 11) is 0. The highest BCUT2D eigenvalue weighted by Crippen LogP contribution is 2.11. The minimum Gasteiger partial charge on any atom is -0.375 e. The molecule has 6 heteroatoms. The third kappa shape index (κ3) is 3.93. The molecule has 0 saturated carbocycles. The smallest absolute Gasteiger partial charge is 0.184 e. The molecular weight excluding hydrogens is 281 g/mol. The summed E-state index contributed by atoms with van der Waals surface area (Å²) in [6.45, 7) is 0. The molecule has 0 spiro atoms. The van der Waals surface area contributed by atoms with Crippen molar-refractivity contribution >= 4 is 39.5 Å². The molecule has 0 aliphatic rings. The molecule has 1 aromatic rings. The fourth-order valence-corrected chi connectivity index (χ4v) is 1.34. The van der Waals surface area contributed by atoms with Crippen LogP contribution in [0.2, 0.25) is 0 Å². The number of thiocarbonyl (C=S) groups is 1. The van der Waals surface area contributed by atoms with Gasteiger partial charge in [-0.3, -0.25) is 5.43 Å². The van der Waals surface area contributed by atoms with Crippen LogP contribution in [0, 0.1) is 5.82 Å². The van der Waals surface area contributed by atoms with Crippen LogP contribution in [0.1, 0.15) is 11.1 Å². The molecule has 0 unspecified atom stereocenters. The summed E-state index contributed by atoms with van der Waals surface area (Å²) >= 11 is 7.83. The van der Waals surface area contributed by atoms with Crippen molar-refractivity contribution in [3.8, 4) is 0 Å². The Morgan fingerprint density at radius 1 is 1.67 bits per heavy atom. The third-order valence-corrected chi connectivity index (χ3v) is 2.33. The van der Waals surface area contributed by atoms with Crippen LogP contribution in [0.25, 0.3) is 0 Å². The molecule has 1 rings (SSSR count). The molecule has 15 heavy (non-hydrogen) atoms. The lowest BCUT2D eigenvalue weighted by Crippen LogP contribution is -2.24. The minimum absolute atomic E-state index is 0.0447. The number of nitrogens with zero attached hydrogens (tertiary/aromatic N) is 1. The van der Waals surface area contributed by atoms with Gasteiger partial charge >= 0.3 is 0 Å². The maximum atomic E-state index is 13.2. The first kappa shape index (κ1) is 12.1. The average molecular weight is 290 g/mol. The van der Waals surface area contributed by atoms with Gasteiger partial charge in [0, 0.05) is 10.9 Å². The predicted molar refractivity (Wildman–Crippen MR) is 66.5 cm³/mol. The van der Waals surface area contributed by atoms with Gasteiger partial charge in [0.25, 0.3) is 0 Å². The van der Waals surface area contributed by atoms with Gasteiger partial charge in [-0.25, -0.2) is 4.39 Å². The number of alkyl halides is 1. The maximum absolute atomic E-state index is 13.2. The zero-order valence-corrected chi connectivity index (χ0v) is 10.1. The molecule has 3 nitrogen and oxygen atoms in total. The van der Waals surface area contributed by atoms with E-state index in [4.69, 9.17) is 5.73 Å². The van der Waals surface area contributed by atoms with Crippen LogP contribution in [0.4, 0.5) is 4.39 Å². The number of nitrogens with two attached hydrogens (primary N) is 1. The second-order valence-electron chi connectivity index (χ2n) is 2.72. The highest BCUT2D eigenvalue weighted by molar-refractivity contribution is 9.08. The molecule has 0 radical (unpaired) electrons. The summed E-state index contributed by atoms with van der Waals surface area (Å²) < 4.78 is 13.2. The van der Waals surface area contributed by atoms with E-state index in [0.29, 0.717) is 10.9 Å². The summed E-state index contributed by atoms with van der Waals surface area (Å²) in [5.74, 6) is -0.340. The molecule has 0 aliphatic heterocycles. The van der Waals surface area contributed by atoms with Gasteiger partial charge in [0.2, 0.25) is 0 Å². The molecule has 3 N–H and O–H groups in total. The van der Waals surface area contributed by atoms with Gasteiger partial charge in [0.1, 0.15) is 5.82 Å². The lowest BCUT2D eigenvalue weighted by molar-refractivity contribution is 0.625. The third-order valence-electron chi connectivity index (χ3n) is 1.59. The normalized spacial score (nSPS) is 10.5. The number of rotatable bonds is 3. The van der Waals surface area contributed by atoms with E-state index < -0.39 is 0 Å². The first-order chi connectivity index (χ1) is 7.13. The van der Waals surface area contributed by atoms with Crippen molar-refractivity contribution in [1.29, 1.82) is 0 Å². The molecule has 0 aliphatic carbocycles. The molecular formula is C9H9BrFN3S. The van der Waals surface area contributed by atoms with E-state index in [9.17, 15) is 4.39 Å². The van der Waals surface area contributed by atoms with E-state index in [1.54, 1.807) is 12.1 Å². The molecule has 0 bridgehead atoms. The molecule has 0 aromatic heterocycles. The van der Waals surface area contributed by atoms with Gasteiger partial charge in [-0.2, -0.15) is 5.10 Å². The quantitative estimate of drug-likeness (QED) is 0.387. The van der Waals surface area contributed by atoms with E-state index in [2.05, 4.69) is 38.7 Å². The Hall–Kier alpha value is -1.01. The molecule has 0 heterocycles. The summed E-state index contributed by atoms with van der Waals surface area (Å²) in [4.78, 5) is 0. The van der Waals surface area contributed by atoms with Crippen LogP contribution in [0.3, 0.4) is 0 Å². The number of benzene rings is 1. The van der Waals surface area contributed by atoms with E-state index >= 15 is 0 Å². The number of hydrogen-bond donors (Lipinski definition) is 2. The number of hydrazone groups is 1. The summed E-state index contributed by atoms with van der Waals surface area (Å²) in [6, 6.07) is 4.77. The molecule has 0 saturated heterocycles. The highest BCUT2D eigenvalue weighted by atomic mass is 79.9. The maximum Gasteiger partial charge on any atom is 0.184 e. The predicted octanol–water partition coefficient (Wildman–Crippen LogP) is 1.89. The van der Waals surface area contributed by atoms with Crippen molar-refractivity contribution in [3.05, 3.63) is 35.1 Å². The van der Waals surface area contributed by atoms with Gasteiger partial charge < -0.3 is 5.73 Å². The van der Waals surface area contributed by atoms with Gasteiger partial charge in [0.15, 0.2) is 5.11 Å². The van der Waals surface area contributed by atoms with E-state index in [1.807, 2.05) is 0 Å². The van der Waals surface area contributed by atoms with Crippen LogP contribution in [-0.2, 0) is 5.33 Å². The fourth-order valence-electron chi connectivity index (χ4n) is 0.941. The number of hydrogen-bond acceptors (Lipinski definition) is 2. The minimum atomic E-state index is -0.340. The Balaban J connectivity index is 2.83. The molecule has 0 atom stereocenters. The SMILES string of the molecule is NC(=S)NN=Cc1cc(CBr)ccc1F. The Labute approximate surface area is 101 Å². The van der Waals surface area contributed by atoms with Gasteiger partial charge in [-0.05, 0) is 29.9 Å². The van der Waals surface area contributed by atoms with Crippen LogP contribution >= 0.6 is 28.1 Å². The van der Waals surface area contributed by atoms with Crippen LogP contribution < -0.4 is 11.2 Å². The Kier molecular flexibility index (Phi) is 4.64. The van der Waals surface area contributed by atoms with Crippen LogP contribution in [0.15, 0.2) is 23.3 Å². The van der Waals surface area contributed by atoms with Crippen LogP contribution in [-0.4, -0.2) is 11.3 Å². The van der Waals surface area contributed by atoms with E-state index in [1.165, 1.54) is 12.3 Å². The van der Waals surface area contributed by atoms with Crippen LogP contribution in [0.5, 0.6) is 0 Å². The van der Waals surface area contributed by atoms with E-state index in [-0.39, 0.29) is 10.9 Å². The topological polar surface area (TPSA) is 50.4 Å². The summed E-state index contributed by atoms with van der Waals surface area (Å²) in [5.41, 5.74) is 8.87. The van der Waals surface area contributed by atoms with Crippen molar-refractivity contribution in [2.24, 2.45) is 10.8 Å². The van der Waals surface area contributed by atoms with Gasteiger partial charge in [-0.1, -0.05) is 22.0 Å². The largest absolute Gasteiger partial charge is 0.375 e. The molecule has 1 aromatic carbocycles. The highest BCUT2D eigenvalue weighted by Gasteiger charge is 2.00. The van der Waals surface area contributed by atoms with Crippen molar-refractivity contribution in [2.75, 3.05) is 0 Å². The number of nitrogens with one attached hydrogen (secondary N) is 1. The fraction of sp³-hybridized carbons (Fsp3) is 0.111. The van der Waals surface area contributed by atoms with Crippen molar-refractivity contribution in [2.45, 2.75) is 5.33 Å². The summed E-state index contributed by atoms with van der Waals surface area (Å²) in [5, 5.41) is 4.39. The Morgan fingerprint density at radius 3 is 3.00 bits per heavy atom. The van der Waals surface area contributed by atoms with E-state index in [0.717, 1.165) is 5.56 Å². The Bertz CT molecular complexity index is 395. The van der Waals surface area contributed by atoms with Crippen molar-refractivity contribution in [3.63, 3.8) is 0 Å². The molecule has 0 amide bonds. The number of halogens is 2. The lowest BCUT2D eigenvalue weighted by Gasteiger charge is -2.00. The summed E-state index contributed by atoms with van der Waals surface area (Å²) in [6.07, 6.45) is 1.33. The lowest BCUT2D eigenvalue weighted by atomic mass is 10.1.